The number of benzene rings is 3. The lowest BCUT2D eigenvalue weighted by Gasteiger charge is -2.03. The molecular weight excluding hydrogens is 288 g/mol. The molecule has 106 valence electrons. The summed E-state index contributed by atoms with van der Waals surface area (Å²) in [5, 5.41) is 3.52. The van der Waals surface area contributed by atoms with Gasteiger partial charge in [-0.2, -0.15) is 0 Å². The Morgan fingerprint density at radius 3 is 2.45 bits per heavy atom. The van der Waals surface area contributed by atoms with Crippen molar-refractivity contribution in [3.8, 4) is 21.0 Å². The Morgan fingerprint density at radius 2 is 1.59 bits per heavy atom. The molecule has 0 bridgehead atoms. The minimum absolute atomic E-state index is 0.780. The molecule has 1 aromatic heterocycles. The Kier molecular flexibility index (Phi) is 3.13. The van der Waals surface area contributed by atoms with E-state index in [9.17, 15) is 0 Å². The number of hydrogen-bond donors (Lipinski definition) is 1. The summed E-state index contributed by atoms with van der Waals surface area (Å²) >= 11 is 1.71. The first kappa shape index (κ1) is 13.0. The average Bonchev–Trinajstić information content (AvgIpc) is 3.05. The van der Waals surface area contributed by atoms with Crippen LogP contribution in [0.3, 0.4) is 0 Å². The van der Waals surface area contributed by atoms with E-state index in [1.807, 2.05) is 30.5 Å². The lowest BCUT2D eigenvalue weighted by atomic mass is 10.1. The molecule has 0 spiro atoms. The molecule has 0 saturated carbocycles. The molecule has 3 aromatic carbocycles. The second kappa shape index (κ2) is 5.28. The SMILES string of the molecule is Nc1ccc(-c2cnc(-c3cccc4ccccc34)s2)cc1. The zero-order chi connectivity index (χ0) is 14.9. The molecule has 1 heterocycles. The molecular formula is C19H14N2S. The number of anilines is 1. The Balaban J connectivity index is 1.82. The van der Waals surface area contributed by atoms with Gasteiger partial charge in [-0.25, -0.2) is 4.98 Å². The second-order valence-corrected chi connectivity index (χ2v) is 6.21. The fraction of sp³-hybridized carbons (Fsp3) is 0. The molecule has 22 heavy (non-hydrogen) atoms. The lowest BCUT2D eigenvalue weighted by Crippen LogP contribution is -1.82. The Morgan fingerprint density at radius 1 is 0.818 bits per heavy atom. The van der Waals surface area contributed by atoms with Crippen molar-refractivity contribution in [2.75, 3.05) is 5.73 Å². The van der Waals surface area contributed by atoms with Gasteiger partial charge in [0.2, 0.25) is 0 Å². The summed E-state index contributed by atoms with van der Waals surface area (Å²) in [6, 6.07) is 22.7. The Bertz CT molecular complexity index is 934. The molecule has 0 fully saturated rings. The van der Waals surface area contributed by atoms with E-state index in [-0.39, 0.29) is 0 Å². The van der Waals surface area contributed by atoms with Crippen LogP contribution in [-0.2, 0) is 0 Å². The molecule has 0 aliphatic rings. The highest BCUT2D eigenvalue weighted by Crippen LogP contribution is 2.35. The standard InChI is InChI=1S/C19H14N2S/c20-15-10-8-14(9-11-15)18-12-21-19(22-18)17-7-3-5-13-4-1-2-6-16(13)17/h1-12H,20H2. The monoisotopic (exact) mass is 302 g/mol. The molecule has 2 nitrogen and oxygen atoms in total. The summed E-state index contributed by atoms with van der Waals surface area (Å²) in [5.74, 6) is 0. The van der Waals surface area contributed by atoms with E-state index in [0.29, 0.717) is 0 Å². The fourth-order valence-corrected chi connectivity index (χ4v) is 3.55. The number of nitrogens with zero attached hydrogens (tertiary/aromatic N) is 1. The highest BCUT2D eigenvalue weighted by Gasteiger charge is 2.09. The predicted molar refractivity (Wildman–Crippen MR) is 94.9 cm³/mol. The van der Waals surface area contributed by atoms with Crippen molar-refractivity contribution in [1.29, 1.82) is 0 Å². The highest BCUT2D eigenvalue weighted by molar-refractivity contribution is 7.18. The van der Waals surface area contributed by atoms with Gasteiger partial charge in [0.15, 0.2) is 0 Å². The van der Waals surface area contributed by atoms with Gasteiger partial charge >= 0.3 is 0 Å². The maximum absolute atomic E-state index is 5.75. The van der Waals surface area contributed by atoms with Crippen LogP contribution >= 0.6 is 11.3 Å². The number of thiazole rings is 1. The summed E-state index contributed by atoms with van der Waals surface area (Å²) in [4.78, 5) is 5.78. The van der Waals surface area contributed by atoms with Crippen molar-refractivity contribution in [2.45, 2.75) is 0 Å². The molecule has 0 saturated heterocycles. The second-order valence-electron chi connectivity index (χ2n) is 5.18. The lowest BCUT2D eigenvalue weighted by molar-refractivity contribution is 1.42. The van der Waals surface area contributed by atoms with Crippen LogP contribution in [0.2, 0.25) is 0 Å². The fourth-order valence-electron chi connectivity index (χ4n) is 2.59. The Hall–Kier alpha value is -2.65. The van der Waals surface area contributed by atoms with Gasteiger partial charge in [0.1, 0.15) is 5.01 Å². The first-order valence-electron chi connectivity index (χ1n) is 7.11. The number of nitrogen functional groups attached to an aromatic ring is 1. The van der Waals surface area contributed by atoms with Crippen LogP contribution in [-0.4, -0.2) is 4.98 Å². The van der Waals surface area contributed by atoms with E-state index < -0.39 is 0 Å². The zero-order valence-corrected chi connectivity index (χ0v) is 12.7. The highest BCUT2D eigenvalue weighted by atomic mass is 32.1. The van der Waals surface area contributed by atoms with Gasteiger partial charge in [-0.05, 0) is 28.5 Å². The van der Waals surface area contributed by atoms with Gasteiger partial charge in [0, 0.05) is 17.4 Å². The molecule has 0 aliphatic carbocycles. The first-order valence-corrected chi connectivity index (χ1v) is 7.93. The molecule has 0 aliphatic heterocycles. The number of fused-ring (bicyclic) bond motifs is 1. The topological polar surface area (TPSA) is 38.9 Å². The molecule has 3 heteroatoms. The van der Waals surface area contributed by atoms with Gasteiger partial charge < -0.3 is 5.73 Å². The van der Waals surface area contributed by atoms with Gasteiger partial charge in [-0.15, -0.1) is 11.3 Å². The van der Waals surface area contributed by atoms with Crippen molar-refractivity contribution in [1.82, 2.24) is 4.98 Å². The summed E-state index contributed by atoms with van der Waals surface area (Å²) in [6.07, 6.45) is 1.94. The van der Waals surface area contributed by atoms with Gasteiger partial charge in [0.25, 0.3) is 0 Å². The van der Waals surface area contributed by atoms with E-state index in [1.165, 1.54) is 16.3 Å². The van der Waals surface area contributed by atoms with Crippen LogP contribution in [0, 0.1) is 0 Å². The number of hydrogen-bond acceptors (Lipinski definition) is 3. The van der Waals surface area contributed by atoms with Crippen LogP contribution < -0.4 is 5.73 Å². The molecule has 4 rings (SSSR count). The van der Waals surface area contributed by atoms with Crippen LogP contribution in [0.1, 0.15) is 0 Å². The van der Waals surface area contributed by atoms with Crippen LogP contribution in [0.25, 0.3) is 31.8 Å². The molecule has 0 radical (unpaired) electrons. The van der Waals surface area contributed by atoms with E-state index in [2.05, 4.69) is 47.4 Å². The largest absolute Gasteiger partial charge is 0.399 e. The maximum atomic E-state index is 5.75. The molecule has 0 atom stereocenters. The summed E-state index contributed by atoms with van der Waals surface area (Å²) < 4.78 is 0. The number of aromatic nitrogens is 1. The Labute approximate surface area is 132 Å². The van der Waals surface area contributed by atoms with Crippen molar-refractivity contribution in [3.05, 3.63) is 72.9 Å². The minimum atomic E-state index is 0.780. The van der Waals surface area contributed by atoms with E-state index in [1.54, 1.807) is 11.3 Å². The summed E-state index contributed by atoms with van der Waals surface area (Å²) in [6.45, 7) is 0. The first-order chi connectivity index (χ1) is 10.8. The zero-order valence-electron chi connectivity index (χ0n) is 11.9. The van der Waals surface area contributed by atoms with E-state index >= 15 is 0 Å². The van der Waals surface area contributed by atoms with Crippen LogP contribution in [0.4, 0.5) is 5.69 Å². The van der Waals surface area contributed by atoms with Crippen LogP contribution in [0.15, 0.2) is 72.9 Å². The number of rotatable bonds is 2. The summed E-state index contributed by atoms with van der Waals surface area (Å²) in [5.41, 5.74) is 8.87. The van der Waals surface area contributed by atoms with E-state index in [0.717, 1.165) is 21.1 Å². The van der Waals surface area contributed by atoms with Crippen molar-refractivity contribution in [2.24, 2.45) is 0 Å². The van der Waals surface area contributed by atoms with Crippen molar-refractivity contribution < 1.29 is 0 Å². The van der Waals surface area contributed by atoms with Gasteiger partial charge in [0.05, 0.1) is 4.88 Å². The van der Waals surface area contributed by atoms with E-state index in [4.69, 9.17) is 5.73 Å². The maximum Gasteiger partial charge on any atom is 0.124 e. The average molecular weight is 302 g/mol. The predicted octanol–water partition coefficient (Wildman–Crippen LogP) is 5.21. The van der Waals surface area contributed by atoms with Crippen molar-refractivity contribution in [3.63, 3.8) is 0 Å². The third-order valence-corrected chi connectivity index (χ3v) is 4.80. The van der Waals surface area contributed by atoms with Crippen LogP contribution in [0.5, 0.6) is 0 Å². The van der Waals surface area contributed by atoms with Gasteiger partial charge in [-0.3, -0.25) is 0 Å². The summed E-state index contributed by atoms with van der Waals surface area (Å²) in [7, 11) is 0. The number of nitrogens with two attached hydrogens (primary N) is 1. The molecule has 4 aromatic rings. The molecule has 0 amide bonds. The van der Waals surface area contributed by atoms with Gasteiger partial charge in [-0.1, -0.05) is 54.6 Å². The molecule has 0 unspecified atom stereocenters. The third-order valence-electron chi connectivity index (χ3n) is 3.72. The minimum Gasteiger partial charge on any atom is -0.399 e. The quantitative estimate of drug-likeness (QED) is 0.516. The van der Waals surface area contributed by atoms with Crippen molar-refractivity contribution >= 4 is 27.8 Å². The normalized spacial score (nSPS) is 10.9. The third kappa shape index (κ3) is 2.26. The smallest absolute Gasteiger partial charge is 0.124 e. The molecule has 2 N–H and O–H groups in total.